The van der Waals surface area contributed by atoms with Crippen molar-refractivity contribution >= 4 is 47.6 Å². The van der Waals surface area contributed by atoms with Gasteiger partial charge in [-0.2, -0.15) is 11.8 Å². The SMILES string of the molecule is CN=C(NCc1ccc(C(N)=O)cc1)NC1CCC(SC)C1.I. The summed E-state index contributed by atoms with van der Waals surface area (Å²) in [6.45, 7) is 0.664. The van der Waals surface area contributed by atoms with Gasteiger partial charge in [0.05, 0.1) is 0 Å². The van der Waals surface area contributed by atoms with Crippen LogP contribution >= 0.6 is 35.7 Å². The molecule has 5 nitrogen and oxygen atoms in total. The van der Waals surface area contributed by atoms with Crippen molar-refractivity contribution in [1.29, 1.82) is 0 Å². The molecular formula is C16H25IN4OS. The molecule has 1 amide bonds. The fourth-order valence-corrected chi connectivity index (χ4v) is 3.44. The molecule has 128 valence electrons. The molecule has 1 saturated carbocycles. The highest BCUT2D eigenvalue weighted by Gasteiger charge is 2.24. The van der Waals surface area contributed by atoms with Crippen molar-refractivity contribution in [2.24, 2.45) is 10.7 Å². The van der Waals surface area contributed by atoms with E-state index in [1.807, 2.05) is 23.9 Å². The fourth-order valence-electron chi connectivity index (χ4n) is 2.65. The van der Waals surface area contributed by atoms with Gasteiger partial charge in [-0.3, -0.25) is 9.79 Å². The van der Waals surface area contributed by atoms with E-state index in [0.717, 1.165) is 16.8 Å². The zero-order valence-electron chi connectivity index (χ0n) is 13.5. The molecule has 0 heterocycles. The highest BCUT2D eigenvalue weighted by molar-refractivity contribution is 14.0. The molecule has 2 atom stereocenters. The Kier molecular flexibility index (Phi) is 8.75. The molecule has 2 unspecified atom stereocenters. The van der Waals surface area contributed by atoms with Crippen LogP contribution in [0.15, 0.2) is 29.3 Å². The zero-order chi connectivity index (χ0) is 15.9. The molecule has 1 aromatic rings. The number of primary amides is 1. The van der Waals surface area contributed by atoms with E-state index in [1.54, 1.807) is 19.2 Å². The van der Waals surface area contributed by atoms with Gasteiger partial charge in [-0.25, -0.2) is 0 Å². The largest absolute Gasteiger partial charge is 0.366 e. The Balaban J connectivity index is 0.00000264. The monoisotopic (exact) mass is 448 g/mol. The maximum absolute atomic E-state index is 11.0. The van der Waals surface area contributed by atoms with Crippen LogP contribution in [0.5, 0.6) is 0 Å². The Morgan fingerprint density at radius 3 is 2.57 bits per heavy atom. The van der Waals surface area contributed by atoms with Crippen LogP contribution in [0.2, 0.25) is 0 Å². The number of nitrogens with zero attached hydrogens (tertiary/aromatic N) is 1. The maximum Gasteiger partial charge on any atom is 0.248 e. The van der Waals surface area contributed by atoms with E-state index in [4.69, 9.17) is 5.73 Å². The van der Waals surface area contributed by atoms with Crippen molar-refractivity contribution in [1.82, 2.24) is 10.6 Å². The minimum absolute atomic E-state index is 0. The lowest BCUT2D eigenvalue weighted by Crippen LogP contribution is -2.42. The number of rotatable bonds is 5. The minimum atomic E-state index is -0.401. The number of benzene rings is 1. The molecular weight excluding hydrogens is 423 g/mol. The summed E-state index contributed by atoms with van der Waals surface area (Å²) in [5.41, 5.74) is 6.85. The highest BCUT2D eigenvalue weighted by atomic mass is 127. The van der Waals surface area contributed by atoms with Crippen molar-refractivity contribution in [3.63, 3.8) is 0 Å². The summed E-state index contributed by atoms with van der Waals surface area (Å²) in [6, 6.07) is 7.80. The van der Waals surface area contributed by atoms with Gasteiger partial charge in [0, 0.05) is 30.4 Å². The topological polar surface area (TPSA) is 79.5 Å². The summed E-state index contributed by atoms with van der Waals surface area (Å²) >= 11 is 1.95. The van der Waals surface area contributed by atoms with Crippen LogP contribution in [0.4, 0.5) is 0 Å². The summed E-state index contributed by atoms with van der Waals surface area (Å²) in [6.07, 6.45) is 5.83. The summed E-state index contributed by atoms with van der Waals surface area (Å²) in [4.78, 5) is 15.3. The molecule has 0 spiro atoms. The first kappa shape index (κ1) is 20.1. The van der Waals surface area contributed by atoms with Gasteiger partial charge >= 0.3 is 0 Å². The van der Waals surface area contributed by atoms with Crippen LogP contribution in [0.25, 0.3) is 0 Å². The van der Waals surface area contributed by atoms with Crippen LogP contribution in [0.1, 0.15) is 35.2 Å². The molecule has 4 N–H and O–H groups in total. The number of halogens is 1. The van der Waals surface area contributed by atoms with E-state index in [0.29, 0.717) is 18.2 Å². The number of nitrogens with two attached hydrogens (primary N) is 1. The fraction of sp³-hybridized carbons (Fsp3) is 0.500. The molecule has 0 aliphatic heterocycles. The second-order valence-corrected chi connectivity index (χ2v) is 6.64. The average Bonchev–Trinajstić information content (AvgIpc) is 2.99. The number of amides is 1. The van der Waals surface area contributed by atoms with E-state index < -0.39 is 5.91 Å². The predicted octanol–water partition coefficient (Wildman–Crippen LogP) is 2.35. The third kappa shape index (κ3) is 6.21. The van der Waals surface area contributed by atoms with Gasteiger partial charge in [-0.15, -0.1) is 24.0 Å². The van der Waals surface area contributed by atoms with Gasteiger partial charge in [0.15, 0.2) is 5.96 Å². The number of carbonyl (C=O) groups excluding carboxylic acids is 1. The van der Waals surface area contributed by atoms with Crippen molar-refractivity contribution in [3.8, 4) is 0 Å². The van der Waals surface area contributed by atoms with Crippen LogP contribution in [0, 0.1) is 0 Å². The smallest absolute Gasteiger partial charge is 0.248 e. The van der Waals surface area contributed by atoms with Gasteiger partial charge < -0.3 is 16.4 Å². The summed E-state index contributed by atoms with van der Waals surface area (Å²) in [7, 11) is 1.78. The zero-order valence-corrected chi connectivity index (χ0v) is 16.7. The van der Waals surface area contributed by atoms with Gasteiger partial charge in [0.1, 0.15) is 0 Å². The van der Waals surface area contributed by atoms with E-state index in [9.17, 15) is 4.79 Å². The minimum Gasteiger partial charge on any atom is -0.366 e. The second-order valence-electron chi connectivity index (χ2n) is 5.50. The first-order valence-corrected chi connectivity index (χ1v) is 8.80. The van der Waals surface area contributed by atoms with Gasteiger partial charge in [0.2, 0.25) is 5.91 Å². The molecule has 7 heteroatoms. The Labute approximate surface area is 159 Å². The van der Waals surface area contributed by atoms with E-state index in [1.165, 1.54) is 19.3 Å². The summed E-state index contributed by atoms with van der Waals surface area (Å²) < 4.78 is 0. The molecule has 0 bridgehead atoms. The maximum atomic E-state index is 11.0. The molecule has 23 heavy (non-hydrogen) atoms. The molecule has 0 aromatic heterocycles. The second kappa shape index (κ2) is 10.0. The molecule has 0 radical (unpaired) electrons. The lowest BCUT2D eigenvalue weighted by atomic mass is 10.1. The van der Waals surface area contributed by atoms with Crippen LogP contribution in [-0.2, 0) is 6.54 Å². The van der Waals surface area contributed by atoms with Crippen molar-refractivity contribution in [2.75, 3.05) is 13.3 Å². The van der Waals surface area contributed by atoms with E-state index in [2.05, 4.69) is 21.9 Å². The first-order valence-electron chi connectivity index (χ1n) is 7.51. The molecule has 1 aliphatic carbocycles. The van der Waals surface area contributed by atoms with Crippen molar-refractivity contribution < 1.29 is 4.79 Å². The average molecular weight is 448 g/mol. The molecule has 1 aliphatic rings. The number of hydrogen-bond donors (Lipinski definition) is 3. The molecule has 0 saturated heterocycles. The number of aliphatic imine (C=N–C) groups is 1. The number of hydrogen-bond acceptors (Lipinski definition) is 3. The number of nitrogens with one attached hydrogen (secondary N) is 2. The number of carbonyl (C=O) groups is 1. The lowest BCUT2D eigenvalue weighted by Gasteiger charge is -2.17. The lowest BCUT2D eigenvalue weighted by molar-refractivity contribution is 0.100. The third-order valence-electron chi connectivity index (χ3n) is 3.98. The quantitative estimate of drug-likeness (QED) is 0.367. The molecule has 1 fully saturated rings. The van der Waals surface area contributed by atoms with Gasteiger partial charge in [-0.05, 0) is 43.2 Å². The standard InChI is InChI=1S/C16H24N4OS.HI/c1-18-16(20-13-7-8-14(9-13)22-2)19-10-11-3-5-12(6-4-11)15(17)21;/h3-6,13-14H,7-10H2,1-2H3,(H2,17,21)(H2,18,19,20);1H. The van der Waals surface area contributed by atoms with E-state index in [-0.39, 0.29) is 24.0 Å². The number of guanidine groups is 1. The Morgan fingerprint density at radius 1 is 1.35 bits per heavy atom. The Morgan fingerprint density at radius 2 is 2.04 bits per heavy atom. The normalized spacial score (nSPS) is 20.7. The van der Waals surface area contributed by atoms with E-state index >= 15 is 0 Å². The number of thioether (sulfide) groups is 1. The van der Waals surface area contributed by atoms with Gasteiger partial charge in [0.25, 0.3) is 0 Å². The summed E-state index contributed by atoms with van der Waals surface area (Å²) in [5, 5.41) is 7.55. The van der Waals surface area contributed by atoms with Crippen LogP contribution in [0.3, 0.4) is 0 Å². The highest BCUT2D eigenvalue weighted by Crippen LogP contribution is 2.27. The Hall–Kier alpha value is -0.960. The van der Waals surface area contributed by atoms with Crippen molar-refractivity contribution in [2.45, 2.75) is 37.1 Å². The summed E-state index contributed by atoms with van der Waals surface area (Å²) in [5.74, 6) is 0.423. The van der Waals surface area contributed by atoms with Gasteiger partial charge in [-0.1, -0.05) is 12.1 Å². The molecule has 2 rings (SSSR count). The predicted molar refractivity (Wildman–Crippen MR) is 109 cm³/mol. The first-order chi connectivity index (χ1) is 10.6. The Bertz CT molecular complexity index is 535. The third-order valence-corrected chi connectivity index (χ3v) is 5.08. The molecule has 1 aromatic carbocycles. The van der Waals surface area contributed by atoms with Crippen LogP contribution < -0.4 is 16.4 Å². The van der Waals surface area contributed by atoms with Crippen molar-refractivity contribution in [3.05, 3.63) is 35.4 Å². The van der Waals surface area contributed by atoms with Crippen LogP contribution in [-0.4, -0.2) is 36.5 Å².